The van der Waals surface area contributed by atoms with Gasteiger partial charge < -0.3 is 4.42 Å². The normalized spacial score (nSPS) is 15.7. The van der Waals surface area contributed by atoms with E-state index in [2.05, 4.69) is 90.8 Å². The van der Waals surface area contributed by atoms with Gasteiger partial charge in [0.25, 0.3) is 0 Å². The Labute approximate surface area is 197 Å². The first-order valence-electron chi connectivity index (χ1n) is 11.1. The first-order valence-corrected chi connectivity index (χ1v) is 12.0. The van der Waals surface area contributed by atoms with E-state index in [4.69, 9.17) is 9.41 Å². The highest BCUT2D eigenvalue weighted by Gasteiger charge is 2.32. The molecule has 4 aromatic rings. The minimum atomic E-state index is -0.296. The fourth-order valence-electron chi connectivity index (χ4n) is 4.04. The van der Waals surface area contributed by atoms with Gasteiger partial charge in [-0.3, -0.25) is 9.56 Å². The molecule has 7 nitrogen and oxygen atoms in total. The number of aliphatic imine (C=N–C) groups is 1. The van der Waals surface area contributed by atoms with Crippen LogP contribution in [0.2, 0.25) is 0 Å². The lowest BCUT2D eigenvalue weighted by atomic mass is 9.97. The van der Waals surface area contributed by atoms with Crippen molar-refractivity contribution in [3.05, 3.63) is 74.8 Å². The number of nitrogens with zero attached hydrogens (tertiary/aromatic N) is 6. The predicted molar refractivity (Wildman–Crippen MR) is 130 cm³/mol. The summed E-state index contributed by atoms with van der Waals surface area (Å²) >= 11 is 1.76. The van der Waals surface area contributed by atoms with Crippen molar-refractivity contribution in [1.29, 1.82) is 0 Å². The Bertz CT molecular complexity index is 1370. The molecule has 0 radical (unpaired) electrons. The first-order chi connectivity index (χ1) is 15.6. The van der Waals surface area contributed by atoms with E-state index in [1.807, 2.05) is 6.92 Å². The Morgan fingerprint density at radius 3 is 2.36 bits per heavy atom. The van der Waals surface area contributed by atoms with Gasteiger partial charge in [0.1, 0.15) is 16.9 Å². The third-order valence-electron chi connectivity index (χ3n) is 6.04. The number of fused-ring (bicyclic) bond motifs is 3. The second-order valence-electron chi connectivity index (χ2n) is 9.72. The summed E-state index contributed by atoms with van der Waals surface area (Å²) in [5, 5.41) is 18.7. The Morgan fingerprint density at radius 1 is 0.970 bits per heavy atom. The number of rotatable bonds is 3. The van der Waals surface area contributed by atoms with Crippen LogP contribution in [-0.2, 0) is 11.8 Å². The van der Waals surface area contributed by atoms with Gasteiger partial charge in [0.2, 0.25) is 11.8 Å². The zero-order valence-electron chi connectivity index (χ0n) is 20.1. The van der Waals surface area contributed by atoms with E-state index in [0.29, 0.717) is 18.2 Å². The Balaban J connectivity index is 1.70. The molecule has 3 aromatic heterocycles. The molecule has 0 N–H and O–H groups in total. The molecule has 1 atom stereocenters. The summed E-state index contributed by atoms with van der Waals surface area (Å²) in [4.78, 5) is 6.55. The first kappa shape index (κ1) is 21.7. The topological polar surface area (TPSA) is 82.0 Å². The number of hydrogen-bond donors (Lipinski definition) is 0. The van der Waals surface area contributed by atoms with Crippen LogP contribution in [0.15, 0.2) is 33.7 Å². The summed E-state index contributed by atoms with van der Waals surface area (Å²) in [6, 6.07) is 8.25. The highest BCUT2D eigenvalue weighted by molar-refractivity contribution is 7.15. The summed E-state index contributed by atoms with van der Waals surface area (Å²) in [6.07, 6.45) is 0.462. The largest absolute Gasteiger partial charge is 0.425 e. The van der Waals surface area contributed by atoms with Crippen LogP contribution in [0.1, 0.15) is 77.4 Å². The third kappa shape index (κ3) is 3.72. The highest BCUT2D eigenvalue weighted by Crippen LogP contribution is 2.39. The van der Waals surface area contributed by atoms with Crippen LogP contribution >= 0.6 is 11.3 Å². The van der Waals surface area contributed by atoms with E-state index >= 15 is 0 Å². The number of hydrogen-bond acceptors (Lipinski definition) is 7. The molecule has 1 aromatic carbocycles. The zero-order chi connectivity index (χ0) is 23.5. The molecule has 0 fully saturated rings. The van der Waals surface area contributed by atoms with Gasteiger partial charge in [-0.05, 0) is 33.3 Å². The van der Waals surface area contributed by atoms with Gasteiger partial charge >= 0.3 is 0 Å². The van der Waals surface area contributed by atoms with E-state index in [-0.39, 0.29) is 11.5 Å². The van der Waals surface area contributed by atoms with E-state index in [1.54, 1.807) is 11.3 Å². The quantitative estimate of drug-likeness (QED) is 0.410. The molecule has 0 aliphatic carbocycles. The molecule has 4 heterocycles. The van der Waals surface area contributed by atoms with Crippen molar-refractivity contribution in [3.8, 4) is 5.00 Å². The molecule has 0 bridgehead atoms. The lowest BCUT2D eigenvalue weighted by Gasteiger charge is -2.12. The molecule has 0 saturated heterocycles. The van der Waals surface area contributed by atoms with Crippen molar-refractivity contribution in [2.24, 2.45) is 4.99 Å². The van der Waals surface area contributed by atoms with Gasteiger partial charge in [0.15, 0.2) is 5.82 Å². The molecule has 0 saturated carbocycles. The molecular formula is C25H28N6OS. The highest BCUT2D eigenvalue weighted by atomic mass is 32.1. The average Bonchev–Trinajstić information content (AvgIpc) is 3.42. The monoisotopic (exact) mass is 460 g/mol. The molecule has 8 heteroatoms. The molecule has 0 unspecified atom stereocenters. The smallest absolute Gasteiger partial charge is 0.221 e. The van der Waals surface area contributed by atoms with Gasteiger partial charge in [-0.2, -0.15) is 0 Å². The van der Waals surface area contributed by atoms with Crippen molar-refractivity contribution in [2.45, 2.75) is 66.3 Å². The number of benzene rings is 1. The van der Waals surface area contributed by atoms with Crippen LogP contribution in [-0.4, -0.2) is 30.7 Å². The SMILES string of the molecule is Cc1ccc(C2=N[C@@H](Cc3nnc(C(C)(C)C)o3)c3nnc(C)n3-c3sc(C)c(C)c32)cc1. The number of aromatic nitrogens is 5. The second-order valence-corrected chi connectivity index (χ2v) is 10.9. The maximum Gasteiger partial charge on any atom is 0.221 e. The molecular weight excluding hydrogens is 432 g/mol. The molecule has 0 amide bonds. The van der Waals surface area contributed by atoms with Gasteiger partial charge in [-0.25, -0.2) is 0 Å². The maximum atomic E-state index is 6.03. The van der Waals surface area contributed by atoms with Gasteiger partial charge in [0.05, 0.1) is 12.1 Å². The lowest BCUT2D eigenvalue weighted by Crippen LogP contribution is -2.11. The number of aryl methyl sites for hydroxylation is 3. The molecule has 170 valence electrons. The van der Waals surface area contributed by atoms with Gasteiger partial charge in [-0.1, -0.05) is 50.6 Å². The second kappa shape index (κ2) is 7.73. The van der Waals surface area contributed by atoms with Crippen molar-refractivity contribution >= 4 is 17.0 Å². The minimum Gasteiger partial charge on any atom is -0.425 e. The van der Waals surface area contributed by atoms with Gasteiger partial charge in [0, 0.05) is 21.4 Å². The van der Waals surface area contributed by atoms with Crippen LogP contribution in [0.5, 0.6) is 0 Å². The predicted octanol–water partition coefficient (Wildman–Crippen LogP) is 5.38. The van der Waals surface area contributed by atoms with Crippen molar-refractivity contribution in [1.82, 2.24) is 25.0 Å². The van der Waals surface area contributed by atoms with E-state index in [0.717, 1.165) is 33.5 Å². The van der Waals surface area contributed by atoms with E-state index in [1.165, 1.54) is 16.0 Å². The van der Waals surface area contributed by atoms with Crippen LogP contribution in [0, 0.1) is 27.7 Å². The minimum absolute atomic E-state index is 0.208. The zero-order valence-corrected chi connectivity index (χ0v) is 20.9. The summed E-state index contributed by atoms with van der Waals surface area (Å²) in [7, 11) is 0. The fourth-order valence-corrected chi connectivity index (χ4v) is 5.25. The molecule has 5 rings (SSSR count). The Kier molecular flexibility index (Phi) is 5.08. The third-order valence-corrected chi connectivity index (χ3v) is 7.23. The summed E-state index contributed by atoms with van der Waals surface area (Å²) in [5.74, 6) is 2.82. The lowest BCUT2D eigenvalue weighted by molar-refractivity contribution is 0.365. The van der Waals surface area contributed by atoms with Crippen molar-refractivity contribution < 1.29 is 4.42 Å². The van der Waals surface area contributed by atoms with Crippen LogP contribution in [0.25, 0.3) is 5.00 Å². The average molecular weight is 461 g/mol. The maximum absolute atomic E-state index is 6.03. The standard InChI is InChI=1S/C25H28N6OS/c1-13-8-10-17(11-9-13)21-20-14(2)15(3)33-23(20)31-16(4)27-29-22(31)18(26-21)12-19-28-30-24(32-19)25(5,6)7/h8-11,18H,12H2,1-7H3/t18-/m0/s1. The fraction of sp³-hybridized carbons (Fsp3) is 0.400. The summed E-state index contributed by atoms with van der Waals surface area (Å²) in [5.41, 5.74) is 5.45. The molecule has 1 aliphatic rings. The Morgan fingerprint density at radius 2 is 1.70 bits per heavy atom. The van der Waals surface area contributed by atoms with Gasteiger partial charge in [-0.15, -0.1) is 31.7 Å². The van der Waals surface area contributed by atoms with E-state index < -0.39 is 0 Å². The summed E-state index contributed by atoms with van der Waals surface area (Å²) < 4.78 is 8.17. The molecule has 0 spiro atoms. The van der Waals surface area contributed by atoms with Crippen molar-refractivity contribution in [2.75, 3.05) is 0 Å². The van der Waals surface area contributed by atoms with E-state index in [9.17, 15) is 0 Å². The Hall–Kier alpha value is -3.13. The molecule has 1 aliphatic heterocycles. The van der Waals surface area contributed by atoms with Crippen LogP contribution in [0.3, 0.4) is 0 Å². The van der Waals surface area contributed by atoms with Crippen molar-refractivity contribution in [3.63, 3.8) is 0 Å². The molecule has 33 heavy (non-hydrogen) atoms. The number of thiophene rings is 1. The summed E-state index contributed by atoms with van der Waals surface area (Å²) in [6.45, 7) is 14.6. The van der Waals surface area contributed by atoms with Crippen LogP contribution < -0.4 is 0 Å². The van der Waals surface area contributed by atoms with Crippen LogP contribution in [0.4, 0.5) is 0 Å².